The van der Waals surface area contributed by atoms with Gasteiger partial charge in [-0.2, -0.15) is 0 Å². The number of aromatic nitrogens is 1. The summed E-state index contributed by atoms with van der Waals surface area (Å²) < 4.78 is 0. The lowest BCUT2D eigenvalue weighted by Crippen LogP contribution is -2.36. The maximum atomic E-state index is 4.62. The number of halogens is 1. The summed E-state index contributed by atoms with van der Waals surface area (Å²) in [4.78, 5) is 7.07. The van der Waals surface area contributed by atoms with Crippen molar-refractivity contribution < 1.29 is 0 Å². The maximum absolute atomic E-state index is 4.62. The van der Waals surface area contributed by atoms with Gasteiger partial charge in [0.1, 0.15) is 0 Å². The van der Waals surface area contributed by atoms with Crippen molar-refractivity contribution in [2.24, 2.45) is 5.41 Å². The van der Waals surface area contributed by atoms with Crippen molar-refractivity contribution in [3.05, 3.63) is 29.6 Å². The van der Waals surface area contributed by atoms with Crippen LogP contribution in [-0.4, -0.2) is 28.8 Å². The molecule has 1 aliphatic carbocycles. The van der Waals surface area contributed by atoms with Crippen molar-refractivity contribution in [3.63, 3.8) is 0 Å². The first-order valence-corrected chi connectivity index (χ1v) is 8.93. The zero-order valence-electron chi connectivity index (χ0n) is 12.9. The Balaban J connectivity index is 1.96. The Kier molecular flexibility index (Phi) is 6.03. The average molecular weight is 339 g/mol. The quantitative estimate of drug-likeness (QED) is 0.578. The van der Waals surface area contributed by atoms with E-state index in [4.69, 9.17) is 0 Å². The largest absolute Gasteiger partial charge is 0.300 e. The van der Waals surface area contributed by atoms with E-state index in [0.29, 0.717) is 5.41 Å². The zero-order valence-corrected chi connectivity index (χ0v) is 14.5. The number of alkyl halides is 1. The van der Waals surface area contributed by atoms with Gasteiger partial charge in [0.15, 0.2) is 0 Å². The SMILES string of the molecule is Cc1cccc(CN(C)CC2(CBr)CCCCCC2)n1. The van der Waals surface area contributed by atoms with Crippen LogP contribution < -0.4 is 0 Å². The van der Waals surface area contributed by atoms with Gasteiger partial charge in [0.2, 0.25) is 0 Å². The molecule has 0 atom stereocenters. The molecule has 2 nitrogen and oxygen atoms in total. The van der Waals surface area contributed by atoms with Crippen LogP contribution in [0, 0.1) is 12.3 Å². The lowest BCUT2D eigenvalue weighted by molar-refractivity contribution is 0.169. The Labute approximate surface area is 132 Å². The second-order valence-electron chi connectivity index (χ2n) is 6.49. The van der Waals surface area contributed by atoms with E-state index in [-0.39, 0.29) is 0 Å². The van der Waals surface area contributed by atoms with Gasteiger partial charge in [-0.1, -0.05) is 47.7 Å². The van der Waals surface area contributed by atoms with E-state index in [9.17, 15) is 0 Å². The Hall–Kier alpha value is -0.410. The lowest BCUT2D eigenvalue weighted by Gasteiger charge is -2.35. The van der Waals surface area contributed by atoms with Gasteiger partial charge in [-0.15, -0.1) is 0 Å². The topological polar surface area (TPSA) is 16.1 Å². The highest BCUT2D eigenvalue weighted by molar-refractivity contribution is 9.09. The van der Waals surface area contributed by atoms with Gasteiger partial charge >= 0.3 is 0 Å². The molecule has 0 N–H and O–H groups in total. The molecule has 112 valence electrons. The third kappa shape index (κ3) is 4.56. The monoisotopic (exact) mass is 338 g/mol. The van der Waals surface area contributed by atoms with Crippen molar-refractivity contribution in [1.82, 2.24) is 9.88 Å². The summed E-state index contributed by atoms with van der Waals surface area (Å²) in [7, 11) is 2.24. The minimum Gasteiger partial charge on any atom is -0.300 e. The normalized spacial score (nSPS) is 19.0. The van der Waals surface area contributed by atoms with Crippen LogP contribution in [0.5, 0.6) is 0 Å². The number of rotatable bonds is 5. The number of hydrogen-bond donors (Lipinski definition) is 0. The smallest absolute Gasteiger partial charge is 0.0547 e. The van der Waals surface area contributed by atoms with E-state index < -0.39 is 0 Å². The molecular weight excluding hydrogens is 312 g/mol. The minimum atomic E-state index is 0.467. The molecule has 1 fully saturated rings. The molecular formula is C17H27BrN2. The van der Waals surface area contributed by atoms with Crippen molar-refractivity contribution in [3.8, 4) is 0 Å². The van der Waals surface area contributed by atoms with E-state index in [1.54, 1.807) is 0 Å². The first-order valence-electron chi connectivity index (χ1n) is 7.81. The van der Waals surface area contributed by atoms with Gasteiger partial charge in [-0.25, -0.2) is 0 Å². The van der Waals surface area contributed by atoms with E-state index in [0.717, 1.165) is 17.6 Å². The molecule has 1 aromatic heterocycles. The predicted octanol–water partition coefficient (Wildman–Crippen LogP) is 4.56. The third-order valence-corrected chi connectivity index (χ3v) is 5.62. The number of aryl methyl sites for hydroxylation is 1. The van der Waals surface area contributed by atoms with Crippen molar-refractivity contribution >= 4 is 15.9 Å². The second-order valence-corrected chi connectivity index (χ2v) is 7.05. The summed E-state index contributed by atoms with van der Waals surface area (Å²) >= 11 is 3.79. The van der Waals surface area contributed by atoms with E-state index >= 15 is 0 Å². The molecule has 0 saturated heterocycles. The van der Waals surface area contributed by atoms with Crippen LogP contribution in [0.1, 0.15) is 49.9 Å². The Morgan fingerprint density at radius 2 is 1.90 bits per heavy atom. The average Bonchev–Trinajstić information content (AvgIpc) is 2.65. The Bertz CT molecular complexity index is 411. The predicted molar refractivity (Wildman–Crippen MR) is 89.2 cm³/mol. The zero-order chi connectivity index (χ0) is 14.4. The highest BCUT2D eigenvalue weighted by Gasteiger charge is 2.31. The molecule has 0 radical (unpaired) electrons. The van der Waals surface area contributed by atoms with Crippen LogP contribution in [0.2, 0.25) is 0 Å². The van der Waals surface area contributed by atoms with Gasteiger partial charge in [0.25, 0.3) is 0 Å². The van der Waals surface area contributed by atoms with E-state index in [1.165, 1.54) is 50.8 Å². The van der Waals surface area contributed by atoms with Crippen LogP contribution in [-0.2, 0) is 6.54 Å². The second kappa shape index (κ2) is 7.56. The summed E-state index contributed by atoms with van der Waals surface area (Å²) in [6, 6.07) is 6.31. The molecule has 0 bridgehead atoms. The molecule has 1 aromatic rings. The van der Waals surface area contributed by atoms with Gasteiger partial charge in [0.05, 0.1) is 5.69 Å². The van der Waals surface area contributed by atoms with Gasteiger partial charge in [-0.3, -0.25) is 9.88 Å². The lowest BCUT2D eigenvalue weighted by atomic mass is 9.82. The van der Waals surface area contributed by atoms with E-state index in [1.807, 2.05) is 0 Å². The Morgan fingerprint density at radius 3 is 2.50 bits per heavy atom. The molecule has 0 spiro atoms. The molecule has 0 aliphatic heterocycles. The summed E-state index contributed by atoms with van der Waals surface area (Å²) in [5, 5.41) is 1.13. The highest BCUT2D eigenvalue weighted by atomic mass is 79.9. The van der Waals surface area contributed by atoms with Crippen LogP contribution >= 0.6 is 15.9 Å². The fraction of sp³-hybridized carbons (Fsp3) is 0.706. The fourth-order valence-electron chi connectivity index (χ4n) is 3.41. The highest BCUT2D eigenvalue weighted by Crippen LogP contribution is 2.37. The van der Waals surface area contributed by atoms with E-state index in [2.05, 4.69) is 58.0 Å². The summed E-state index contributed by atoms with van der Waals surface area (Å²) in [6.07, 6.45) is 8.34. The van der Waals surface area contributed by atoms with Gasteiger partial charge < -0.3 is 0 Å². The molecule has 1 aliphatic rings. The molecule has 20 heavy (non-hydrogen) atoms. The first kappa shape index (κ1) is 16.0. The molecule has 1 heterocycles. The summed E-state index contributed by atoms with van der Waals surface area (Å²) in [5.74, 6) is 0. The van der Waals surface area contributed by atoms with Gasteiger partial charge in [-0.05, 0) is 44.4 Å². The summed E-state index contributed by atoms with van der Waals surface area (Å²) in [5.41, 5.74) is 2.76. The molecule has 1 saturated carbocycles. The van der Waals surface area contributed by atoms with Gasteiger partial charge in [0, 0.05) is 24.1 Å². The van der Waals surface area contributed by atoms with Crippen LogP contribution in [0.4, 0.5) is 0 Å². The fourth-order valence-corrected chi connectivity index (χ4v) is 4.14. The molecule has 0 aromatic carbocycles. The van der Waals surface area contributed by atoms with Crippen LogP contribution in [0.15, 0.2) is 18.2 Å². The van der Waals surface area contributed by atoms with Crippen molar-refractivity contribution in [2.45, 2.75) is 52.0 Å². The standard InChI is InChI=1S/C17H27BrN2/c1-15-8-7-9-16(19-15)12-20(2)14-17(13-18)10-5-3-4-6-11-17/h7-9H,3-6,10-14H2,1-2H3. The van der Waals surface area contributed by atoms with Crippen molar-refractivity contribution in [1.29, 1.82) is 0 Å². The number of pyridine rings is 1. The molecule has 0 unspecified atom stereocenters. The Morgan fingerprint density at radius 1 is 1.20 bits per heavy atom. The molecule has 2 rings (SSSR count). The summed E-state index contributed by atoms with van der Waals surface area (Å²) in [6.45, 7) is 4.19. The molecule has 3 heteroatoms. The number of hydrogen-bond acceptors (Lipinski definition) is 2. The third-order valence-electron chi connectivity index (χ3n) is 4.43. The maximum Gasteiger partial charge on any atom is 0.0547 e. The van der Waals surface area contributed by atoms with Crippen LogP contribution in [0.25, 0.3) is 0 Å². The minimum absolute atomic E-state index is 0.467. The molecule has 0 amide bonds. The van der Waals surface area contributed by atoms with Crippen LogP contribution in [0.3, 0.4) is 0 Å². The first-order chi connectivity index (χ1) is 9.63. The number of nitrogens with zero attached hydrogens (tertiary/aromatic N) is 2. The van der Waals surface area contributed by atoms with Crippen molar-refractivity contribution in [2.75, 3.05) is 18.9 Å².